The summed E-state index contributed by atoms with van der Waals surface area (Å²) in [7, 11) is 3.45. The summed E-state index contributed by atoms with van der Waals surface area (Å²) in [5.74, 6) is -1.33. The third-order valence-corrected chi connectivity index (χ3v) is 23.5. The topological polar surface area (TPSA) is 237 Å². The Morgan fingerprint density at radius 2 is 0.693 bits per heavy atom. The van der Waals surface area contributed by atoms with E-state index in [0.717, 1.165) is 101 Å². The number of carboxylic acid groups (broad SMARTS) is 1. The van der Waals surface area contributed by atoms with E-state index < -0.39 is 52.9 Å². The van der Waals surface area contributed by atoms with Gasteiger partial charge in [0, 0.05) is 142 Å². The van der Waals surface area contributed by atoms with Crippen LogP contribution in [0.2, 0.25) is 20.1 Å². The Labute approximate surface area is 901 Å². The van der Waals surface area contributed by atoms with Crippen molar-refractivity contribution in [2.45, 2.75) is 58.3 Å². The van der Waals surface area contributed by atoms with E-state index in [-0.39, 0.29) is 113 Å². The van der Waals surface area contributed by atoms with E-state index in [9.17, 15) is 67.1 Å². The average Bonchev–Trinajstić information content (AvgIpc) is 1.74. The number of benzene rings is 8. The first-order valence-corrected chi connectivity index (χ1v) is 50.3. The molecule has 0 atom stereocenters. The van der Waals surface area contributed by atoms with Crippen LogP contribution in [0.5, 0.6) is 0 Å². The zero-order valence-corrected chi connectivity index (χ0v) is 89.8. The van der Waals surface area contributed by atoms with Crippen LogP contribution in [0, 0.1) is 0 Å². The van der Waals surface area contributed by atoms with E-state index in [1.165, 1.54) is 69.6 Å². The van der Waals surface area contributed by atoms with E-state index in [0.29, 0.717) is 151 Å². The molecule has 12 aromatic rings. The smallest absolute Gasteiger partial charge is 1.00 e. The van der Waals surface area contributed by atoms with Crippen molar-refractivity contribution in [3.05, 3.63) is 258 Å². The zero-order chi connectivity index (χ0) is 100. The number of nitrogens with zero attached hydrogens (tertiary/aromatic N) is 9. The minimum absolute atomic E-state index is 0. The van der Waals surface area contributed by atoms with Crippen LogP contribution in [0.3, 0.4) is 0 Å². The maximum absolute atomic E-state index is 13.4. The van der Waals surface area contributed by atoms with Crippen LogP contribution in [0.4, 0.5) is 96.0 Å². The summed E-state index contributed by atoms with van der Waals surface area (Å²) in [6.45, 7) is 11.8. The second-order valence-corrected chi connectivity index (χ2v) is 36.2. The SMILES string of the molecule is BrCCOCCBr.CCCC(=O)OCC.CCOC(=O)CN(C)CCOCCN(c1cccc(C(F)(F)F)c1)c1nc(-c2cccc(Cl)c2)cs1.CN(CCOCCN(c1cccc(C(F)(F)F)c1)c1nc(-c2cccc(Cl)c2)cs1)CC(=O)O.FC(F)(F)c1cccc(N(CCOCCBr)c2nc(-c3cccc(Cl)c3)cs2)c1.FC(F)(F)c1cccc(Nc2nc(-c3cccc(Cl)c3)cs2)c1.[H-].[Li+].[Na+].[OH-]. The molecule has 0 aliphatic carbocycles. The van der Waals surface area contributed by atoms with Gasteiger partial charge in [-0.25, -0.2) is 19.9 Å². The number of halogens is 19. The molecule has 21 nitrogen and oxygen atoms in total. The minimum Gasteiger partial charge on any atom is -1.00 e. The van der Waals surface area contributed by atoms with Crippen molar-refractivity contribution >= 4 is 201 Å². The third-order valence-electron chi connectivity index (χ3n) is 18.2. The number of ether oxygens (including phenoxy) is 6. The summed E-state index contributed by atoms with van der Waals surface area (Å²) in [5.41, 5.74) is 4.65. The summed E-state index contributed by atoms with van der Waals surface area (Å²) in [5, 5.41) is 26.1. The molecule has 0 saturated heterocycles. The van der Waals surface area contributed by atoms with Crippen molar-refractivity contribution in [2.75, 3.05) is 162 Å². The van der Waals surface area contributed by atoms with Crippen molar-refractivity contribution in [3.63, 3.8) is 0 Å². The second-order valence-electron chi connectivity index (χ2n) is 28.7. The molecule has 0 unspecified atom stereocenters. The molecule has 0 spiro atoms. The van der Waals surface area contributed by atoms with Crippen molar-refractivity contribution in [1.82, 2.24) is 29.7 Å². The van der Waals surface area contributed by atoms with Crippen LogP contribution in [0.25, 0.3) is 45.0 Å². The Bertz CT molecular complexity index is 5660. The maximum atomic E-state index is 13.4. The summed E-state index contributed by atoms with van der Waals surface area (Å²) < 4.78 is 189. The molecule has 0 aliphatic rings. The van der Waals surface area contributed by atoms with Gasteiger partial charge in [0.15, 0.2) is 20.5 Å². The summed E-state index contributed by atoms with van der Waals surface area (Å²) in [4.78, 5) is 59.5. The largest absolute Gasteiger partial charge is 1.00 e. The number of aliphatic carboxylic acids is 1. The van der Waals surface area contributed by atoms with Gasteiger partial charge in [0.2, 0.25) is 0 Å². The predicted octanol–water partition coefficient (Wildman–Crippen LogP) is 22.1. The number of aromatic nitrogens is 4. The fourth-order valence-electron chi connectivity index (χ4n) is 11.8. The fourth-order valence-corrected chi connectivity index (χ4v) is 16.6. The number of likely N-dealkylation sites (N-methyl/N-ethyl adjacent to an activating group) is 2. The molecule has 750 valence electrons. The van der Waals surface area contributed by atoms with E-state index in [1.807, 2.05) is 77.8 Å². The normalized spacial score (nSPS) is 11.1. The number of esters is 2. The molecule has 0 amide bonds. The first-order chi connectivity index (χ1) is 65.3. The number of thiazole rings is 4. The molecule has 4 heterocycles. The van der Waals surface area contributed by atoms with Gasteiger partial charge < -0.3 is 60.4 Å². The molecule has 12 rings (SSSR count). The Morgan fingerprint density at radius 3 is 1.01 bits per heavy atom. The van der Waals surface area contributed by atoms with Gasteiger partial charge in [-0.2, -0.15) is 52.7 Å². The molecule has 0 saturated carbocycles. The van der Waals surface area contributed by atoms with Crippen LogP contribution in [-0.4, -0.2) is 200 Å². The number of anilines is 8. The molecular formula is C94H99Br3Cl4F12LiN10NaO11S4. The van der Waals surface area contributed by atoms with Crippen LogP contribution in [0.1, 0.15) is 57.3 Å². The van der Waals surface area contributed by atoms with Gasteiger partial charge in [0.1, 0.15) is 0 Å². The Balaban J connectivity index is 0.000000459. The summed E-state index contributed by atoms with van der Waals surface area (Å²) in [6.07, 6.45) is -16.3. The maximum Gasteiger partial charge on any atom is 1.00 e. The third kappa shape index (κ3) is 45.7. The van der Waals surface area contributed by atoms with E-state index >= 15 is 0 Å². The van der Waals surface area contributed by atoms with Crippen LogP contribution in [0.15, 0.2) is 216 Å². The quantitative estimate of drug-likeness (QED) is 0.0119. The first kappa shape index (κ1) is 125. The number of carbonyl (C=O) groups is 3. The van der Waals surface area contributed by atoms with Crippen molar-refractivity contribution in [3.8, 4) is 45.0 Å². The molecule has 46 heteroatoms. The number of alkyl halides is 15. The number of nitrogens with one attached hydrogen (secondary N) is 1. The van der Waals surface area contributed by atoms with Gasteiger partial charge in [-0.3, -0.25) is 24.2 Å². The first-order valence-electron chi connectivity index (χ1n) is 41.9. The standard InChI is InChI=1S/C25H27ClF3N3O3S.C23H23ClF3N3O3S.C20H17BrClF3N2OS.C16H10ClF3N2S.C6H12O2.C4H8Br2O.Li.Na.H2O.H/c1-3-35-23(33)16-31(2)10-12-34-13-11-32(21-9-5-7-19(15-21)25(27,28)29)24-30-22(17-36-24)18-6-4-8-20(26)14-18;1-29(14-21(31)32)8-10-33-11-9-30(19-7-3-5-17(13-19)23(25,26)27)22-28-20(15-34-22)16-4-2-6-18(24)12-16;21-7-9-28-10-8-27(17-6-2-4-15(12-17)20(23,24)25)19-26-18(13-29-19)14-3-1-5-16(22)11-14;17-12-5-1-3-10(7-12)14-9-23-15(22-14)21-13-6-2-4-11(8-13)16(18,19)20;1-3-5-6(7)8-4-2;5-1-3-7-4-2-6;;;;/h4-9,14-15,17H,3,10-13,16H2,1-2H3;2-7,12-13,15H,8-11,14H2,1H3,(H,31,32);1-6,11-13H,7-10H2;1-9H,(H,21,22);3-5H2,1-2H3;1-4H2;;;1H2;/q;;;;;;2*+1;;-1/p-1. The zero-order valence-electron chi connectivity index (χ0n) is 77.7. The van der Waals surface area contributed by atoms with Crippen molar-refractivity contribution in [2.24, 2.45) is 0 Å². The van der Waals surface area contributed by atoms with E-state index in [4.69, 9.17) is 75.2 Å². The van der Waals surface area contributed by atoms with Crippen LogP contribution >= 0.6 is 140 Å². The van der Waals surface area contributed by atoms with Gasteiger partial charge >= 0.3 is 91.0 Å². The summed E-state index contributed by atoms with van der Waals surface area (Å²) >= 11 is 39.2. The molecule has 140 heavy (non-hydrogen) atoms. The molecular weight excluding hydrogens is 2210 g/mol. The van der Waals surface area contributed by atoms with Crippen molar-refractivity contribution in [1.29, 1.82) is 0 Å². The molecule has 0 aliphatic heterocycles. The number of carbonyl (C=O) groups excluding carboxylic acids is 2. The summed E-state index contributed by atoms with van der Waals surface area (Å²) in [6, 6.07) is 49.4. The second kappa shape index (κ2) is 65.5. The number of hydrogen-bond donors (Lipinski definition) is 2. The minimum atomic E-state index is -4.47. The van der Waals surface area contributed by atoms with Crippen molar-refractivity contribution < 1.29 is 156 Å². The molecule has 8 aromatic carbocycles. The molecule has 4 aromatic heterocycles. The Morgan fingerprint density at radius 1 is 0.400 bits per heavy atom. The fraction of sp³-hybridized carbons (Fsp3) is 0.330. The predicted molar refractivity (Wildman–Crippen MR) is 539 cm³/mol. The van der Waals surface area contributed by atoms with Crippen LogP contribution in [-0.2, 0) is 67.5 Å². The Hall–Kier alpha value is -7.03. The van der Waals surface area contributed by atoms with E-state index in [1.54, 1.807) is 124 Å². The van der Waals surface area contributed by atoms with Gasteiger partial charge in [0.25, 0.3) is 0 Å². The Kier molecular flexibility index (Phi) is 58.6. The van der Waals surface area contributed by atoms with Crippen LogP contribution < -0.4 is 68.4 Å². The monoisotopic (exact) mass is 2310 g/mol. The van der Waals surface area contributed by atoms with E-state index in [2.05, 4.69) is 77.8 Å². The van der Waals surface area contributed by atoms with Gasteiger partial charge in [-0.15, -0.1) is 45.3 Å². The average molecular weight is 2310 g/mol. The molecule has 0 radical (unpaired) electrons. The van der Waals surface area contributed by atoms with Gasteiger partial charge in [-0.05, 0) is 156 Å². The molecule has 3 N–H and O–H groups in total. The number of carboxylic acids is 1. The van der Waals surface area contributed by atoms with Gasteiger partial charge in [-0.1, -0.05) is 174 Å². The number of hydrogen-bond acceptors (Lipinski definition) is 24. The van der Waals surface area contributed by atoms with Gasteiger partial charge in [0.05, 0.1) is 124 Å². The number of rotatable bonds is 41. The molecule has 0 fully saturated rings. The molecule has 0 bridgehead atoms.